The number of nitrogens with zero attached hydrogens (tertiary/aromatic N) is 1. The molecule has 17 heavy (non-hydrogen) atoms. The van der Waals surface area contributed by atoms with Gasteiger partial charge in [-0.05, 0) is 61.6 Å². The number of hydrogen-bond donors (Lipinski definition) is 0. The van der Waals surface area contributed by atoms with E-state index < -0.39 is 0 Å². The van der Waals surface area contributed by atoms with Crippen molar-refractivity contribution in [2.75, 3.05) is 0 Å². The van der Waals surface area contributed by atoms with Crippen LogP contribution in [0, 0.1) is 27.7 Å². The minimum absolute atomic E-state index is 0.999. The maximum absolute atomic E-state index is 4.74. The molecule has 1 aliphatic carbocycles. The van der Waals surface area contributed by atoms with Crippen molar-refractivity contribution in [2.24, 2.45) is 0 Å². The molecular formula is C16H17N. The molecule has 0 amide bonds. The zero-order valence-corrected chi connectivity index (χ0v) is 10.9. The van der Waals surface area contributed by atoms with Crippen LogP contribution in [0.2, 0.25) is 0 Å². The van der Waals surface area contributed by atoms with E-state index in [0.29, 0.717) is 0 Å². The Hall–Kier alpha value is -1.63. The Balaban J connectivity index is 2.29. The molecule has 1 aliphatic rings. The van der Waals surface area contributed by atoms with Gasteiger partial charge in [0.1, 0.15) is 0 Å². The van der Waals surface area contributed by atoms with Crippen molar-refractivity contribution in [3.8, 4) is 11.1 Å². The topological polar surface area (TPSA) is 12.9 Å². The van der Waals surface area contributed by atoms with Gasteiger partial charge in [0, 0.05) is 17.7 Å². The molecule has 0 saturated heterocycles. The van der Waals surface area contributed by atoms with E-state index in [9.17, 15) is 0 Å². The van der Waals surface area contributed by atoms with Crippen molar-refractivity contribution in [3.05, 3.63) is 51.8 Å². The van der Waals surface area contributed by atoms with Gasteiger partial charge in [0.2, 0.25) is 0 Å². The molecule has 0 atom stereocenters. The molecule has 86 valence electrons. The third-order valence-electron chi connectivity index (χ3n) is 4.05. The maximum Gasteiger partial charge on any atom is 0.0529 e. The molecule has 1 nitrogen and oxygen atoms in total. The van der Waals surface area contributed by atoms with Crippen molar-refractivity contribution in [3.63, 3.8) is 0 Å². The van der Waals surface area contributed by atoms with Crippen molar-refractivity contribution in [1.29, 1.82) is 0 Å². The highest BCUT2D eigenvalue weighted by Gasteiger charge is 2.22. The lowest BCUT2D eigenvalue weighted by atomic mass is 9.98. The van der Waals surface area contributed by atoms with Crippen LogP contribution >= 0.6 is 0 Å². The summed E-state index contributed by atoms with van der Waals surface area (Å²) in [6.45, 7) is 8.64. The summed E-state index contributed by atoms with van der Waals surface area (Å²) >= 11 is 0. The Kier molecular flexibility index (Phi) is 2.12. The van der Waals surface area contributed by atoms with Gasteiger partial charge in [-0.1, -0.05) is 12.1 Å². The second-order valence-corrected chi connectivity index (χ2v) is 5.10. The van der Waals surface area contributed by atoms with E-state index in [1.807, 2.05) is 0 Å². The second kappa shape index (κ2) is 3.43. The number of aryl methyl sites for hydroxylation is 3. The van der Waals surface area contributed by atoms with E-state index in [2.05, 4.69) is 45.9 Å². The highest BCUT2D eigenvalue weighted by molar-refractivity contribution is 5.77. The van der Waals surface area contributed by atoms with Crippen LogP contribution in [0.15, 0.2) is 18.2 Å². The van der Waals surface area contributed by atoms with Gasteiger partial charge in [0.25, 0.3) is 0 Å². The summed E-state index contributed by atoms with van der Waals surface area (Å²) in [7, 11) is 0. The molecule has 0 fully saturated rings. The Morgan fingerprint density at radius 3 is 2.47 bits per heavy atom. The Morgan fingerprint density at radius 2 is 1.71 bits per heavy atom. The molecule has 0 radical (unpaired) electrons. The van der Waals surface area contributed by atoms with E-state index in [1.54, 1.807) is 0 Å². The van der Waals surface area contributed by atoms with E-state index in [-0.39, 0.29) is 0 Å². The number of rotatable bonds is 0. The van der Waals surface area contributed by atoms with Crippen LogP contribution in [0.4, 0.5) is 0 Å². The lowest BCUT2D eigenvalue weighted by molar-refractivity contribution is 1.04. The summed E-state index contributed by atoms with van der Waals surface area (Å²) in [4.78, 5) is 4.74. The van der Waals surface area contributed by atoms with Gasteiger partial charge in [-0.15, -0.1) is 0 Å². The van der Waals surface area contributed by atoms with Crippen LogP contribution in [0.1, 0.15) is 33.6 Å². The summed E-state index contributed by atoms with van der Waals surface area (Å²) in [5.41, 5.74) is 10.7. The zero-order valence-electron chi connectivity index (χ0n) is 10.9. The van der Waals surface area contributed by atoms with Crippen molar-refractivity contribution < 1.29 is 0 Å². The first-order chi connectivity index (χ1) is 8.08. The Bertz CT molecular complexity index is 624. The van der Waals surface area contributed by atoms with Crippen molar-refractivity contribution in [2.45, 2.75) is 34.1 Å². The fraction of sp³-hybridized carbons (Fsp3) is 0.312. The van der Waals surface area contributed by atoms with Gasteiger partial charge in [0.15, 0.2) is 0 Å². The summed E-state index contributed by atoms with van der Waals surface area (Å²) in [5.74, 6) is 0. The molecule has 0 spiro atoms. The minimum Gasteiger partial charge on any atom is -0.257 e. The van der Waals surface area contributed by atoms with Gasteiger partial charge >= 0.3 is 0 Å². The summed E-state index contributed by atoms with van der Waals surface area (Å²) in [6.07, 6.45) is 0.999. The lowest BCUT2D eigenvalue weighted by Crippen LogP contribution is -1.93. The molecule has 0 bridgehead atoms. The summed E-state index contributed by atoms with van der Waals surface area (Å²) < 4.78 is 0. The predicted octanol–water partition coefficient (Wildman–Crippen LogP) is 3.89. The van der Waals surface area contributed by atoms with E-state index in [1.165, 1.54) is 39.1 Å². The first-order valence-corrected chi connectivity index (χ1v) is 6.14. The highest BCUT2D eigenvalue weighted by atomic mass is 14.7. The Labute approximate surface area is 103 Å². The highest BCUT2D eigenvalue weighted by Crippen LogP contribution is 2.38. The average Bonchev–Trinajstić information content (AvgIpc) is 2.63. The lowest BCUT2D eigenvalue weighted by Gasteiger charge is -2.07. The third-order valence-corrected chi connectivity index (χ3v) is 4.05. The van der Waals surface area contributed by atoms with Gasteiger partial charge < -0.3 is 0 Å². The SMILES string of the molecule is Cc1cc2c(nc1C)Cc1c-2ccc(C)c1C. The van der Waals surface area contributed by atoms with Gasteiger partial charge in [-0.3, -0.25) is 4.98 Å². The maximum atomic E-state index is 4.74. The Morgan fingerprint density at radius 1 is 0.941 bits per heavy atom. The molecular weight excluding hydrogens is 206 g/mol. The van der Waals surface area contributed by atoms with Crippen LogP contribution in [0.25, 0.3) is 11.1 Å². The number of hydrogen-bond acceptors (Lipinski definition) is 1. The van der Waals surface area contributed by atoms with Gasteiger partial charge in [-0.25, -0.2) is 0 Å². The zero-order chi connectivity index (χ0) is 12.2. The van der Waals surface area contributed by atoms with Crippen LogP contribution in [0.5, 0.6) is 0 Å². The predicted molar refractivity (Wildman–Crippen MR) is 71.4 cm³/mol. The second-order valence-electron chi connectivity index (χ2n) is 5.10. The first-order valence-electron chi connectivity index (χ1n) is 6.14. The molecule has 2 aromatic rings. The molecule has 3 rings (SSSR count). The number of fused-ring (bicyclic) bond motifs is 3. The van der Waals surface area contributed by atoms with E-state index in [4.69, 9.17) is 4.98 Å². The van der Waals surface area contributed by atoms with Crippen LogP contribution < -0.4 is 0 Å². The normalized spacial score (nSPS) is 12.5. The molecule has 1 aromatic heterocycles. The third kappa shape index (κ3) is 1.42. The number of benzene rings is 1. The monoisotopic (exact) mass is 223 g/mol. The fourth-order valence-electron chi connectivity index (χ4n) is 2.64. The van der Waals surface area contributed by atoms with Gasteiger partial charge in [0.05, 0.1) is 5.69 Å². The molecule has 0 N–H and O–H groups in total. The molecule has 1 heteroatoms. The van der Waals surface area contributed by atoms with Crippen LogP contribution in [0.3, 0.4) is 0 Å². The number of aromatic nitrogens is 1. The smallest absolute Gasteiger partial charge is 0.0529 e. The standard InChI is InChI=1S/C16H17N/c1-9-5-6-13-14(11(9)3)8-16-15(13)7-10(2)12(4)17-16/h5-7H,8H2,1-4H3. The first kappa shape index (κ1) is 10.5. The summed E-state index contributed by atoms with van der Waals surface area (Å²) in [6, 6.07) is 6.76. The number of pyridine rings is 1. The van der Waals surface area contributed by atoms with Crippen LogP contribution in [-0.2, 0) is 6.42 Å². The van der Waals surface area contributed by atoms with E-state index >= 15 is 0 Å². The molecule has 0 aliphatic heterocycles. The quantitative estimate of drug-likeness (QED) is 0.563. The molecule has 0 unspecified atom stereocenters. The average molecular weight is 223 g/mol. The largest absolute Gasteiger partial charge is 0.257 e. The molecule has 1 heterocycles. The van der Waals surface area contributed by atoms with Crippen molar-refractivity contribution >= 4 is 0 Å². The minimum atomic E-state index is 0.999. The molecule has 1 aromatic carbocycles. The van der Waals surface area contributed by atoms with Crippen molar-refractivity contribution in [1.82, 2.24) is 4.98 Å². The summed E-state index contributed by atoms with van der Waals surface area (Å²) in [5, 5.41) is 0. The van der Waals surface area contributed by atoms with E-state index in [0.717, 1.165) is 12.1 Å². The molecule has 0 saturated carbocycles. The van der Waals surface area contributed by atoms with Crippen LogP contribution in [-0.4, -0.2) is 4.98 Å². The van der Waals surface area contributed by atoms with Gasteiger partial charge in [-0.2, -0.15) is 0 Å². The fourth-order valence-corrected chi connectivity index (χ4v) is 2.64.